The van der Waals surface area contributed by atoms with E-state index in [1.54, 1.807) is 26.0 Å². The van der Waals surface area contributed by atoms with Crippen LogP contribution in [0.1, 0.15) is 18.4 Å². The van der Waals surface area contributed by atoms with Gasteiger partial charge in [-0.25, -0.2) is 0 Å². The minimum Gasteiger partial charge on any atom is -0.496 e. The molecule has 0 bridgehead atoms. The van der Waals surface area contributed by atoms with Gasteiger partial charge in [-0.05, 0) is 31.4 Å². The Labute approximate surface area is 145 Å². The summed E-state index contributed by atoms with van der Waals surface area (Å²) < 4.78 is 11.0. The molecule has 0 aromatic heterocycles. The molecule has 2 heterocycles. The molecule has 2 aliphatic rings. The standard InChI is InChI=1S/C17H22N2O4S/c1-22-12-7-14(24-3)13(23-2)6-11(12)9-19-5-4-17(10-19)8-15(20)18-16(17)21/h6-7H,4-5,8-10H2,1-3H3,(H,18,20,21). The van der Waals surface area contributed by atoms with Crippen LogP contribution in [0.2, 0.25) is 0 Å². The molecule has 7 heteroatoms. The number of imide groups is 1. The Morgan fingerprint density at radius 1 is 1.25 bits per heavy atom. The van der Waals surface area contributed by atoms with Crippen molar-refractivity contribution in [3.8, 4) is 11.5 Å². The number of amides is 2. The number of ether oxygens (including phenoxy) is 2. The van der Waals surface area contributed by atoms with Crippen LogP contribution in [0, 0.1) is 5.41 Å². The van der Waals surface area contributed by atoms with Gasteiger partial charge >= 0.3 is 0 Å². The Morgan fingerprint density at radius 2 is 2.00 bits per heavy atom. The van der Waals surface area contributed by atoms with E-state index in [1.165, 1.54) is 0 Å². The molecule has 6 nitrogen and oxygen atoms in total. The third-order valence-electron chi connectivity index (χ3n) is 4.85. The van der Waals surface area contributed by atoms with Crippen LogP contribution in [0.3, 0.4) is 0 Å². The molecule has 24 heavy (non-hydrogen) atoms. The zero-order chi connectivity index (χ0) is 17.3. The summed E-state index contributed by atoms with van der Waals surface area (Å²) in [7, 11) is 3.31. The maximum atomic E-state index is 12.1. The van der Waals surface area contributed by atoms with Gasteiger partial charge in [-0.15, -0.1) is 11.8 Å². The van der Waals surface area contributed by atoms with E-state index in [2.05, 4.69) is 10.2 Å². The lowest BCUT2D eigenvalue weighted by atomic mass is 9.85. The minimum atomic E-state index is -0.548. The number of methoxy groups -OCH3 is 2. The maximum absolute atomic E-state index is 12.1. The summed E-state index contributed by atoms with van der Waals surface area (Å²) in [4.78, 5) is 26.9. The SMILES string of the molecule is COc1cc(SC)c(OC)cc1CN1CCC2(CC(=O)NC2=O)C1. The number of carbonyl (C=O) groups is 2. The fourth-order valence-corrected chi connectivity index (χ4v) is 4.14. The molecule has 2 saturated heterocycles. The molecule has 2 amide bonds. The van der Waals surface area contributed by atoms with E-state index in [0.29, 0.717) is 25.9 Å². The summed E-state index contributed by atoms with van der Waals surface area (Å²) >= 11 is 1.61. The van der Waals surface area contributed by atoms with Gasteiger partial charge in [-0.2, -0.15) is 0 Å². The number of carbonyl (C=O) groups excluding carboxylic acids is 2. The molecule has 0 saturated carbocycles. The van der Waals surface area contributed by atoms with Crippen molar-refractivity contribution in [1.29, 1.82) is 0 Å². The molecular formula is C17H22N2O4S. The number of thioether (sulfide) groups is 1. The predicted octanol–water partition coefficient (Wildman–Crippen LogP) is 1.66. The van der Waals surface area contributed by atoms with E-state index < -0.39 is 5.41 Å². The first-order chi connectivity index (χ1) is 11.5. The van der Waals surface area contributed by atoms with E-state index in [0.717, 1.165) is 28.5 Å². The largest absolute Gasteiger partial charge is 0.496 e. The Hall–Kier alpha value is -1.73. The van der Waals surface area contributed by atoms with Crippen LogP contribution in [-0.2, 0) is 16.1 Å². The zero-order valence-corrected chi connectivity index (χ0v) is 15.0. The monoisotopic (exact) mass is 350 g/mol. The van der Waals surface area contributed by atoms with Crippen molar-refractivity contribution in [3.05, 3.63) is 17.7 Å². The molecule has 2 fully saturated rings. The first kappa shape index (κ1) is 17.1. The van der Waals surface area contributed by atoms with Crippen LogP contribution < -0.4 is 14.8 Å². The Bertz CT molecular complexity index is 679. The molecule has 2 aliphatic heterocycles. The minimum absolute atomic E-state index is 0.128. The fourth-order valence-electron chi connectivity index (χ4n) is 3.57. The van der Waals surface area contributed by atoms with Crippen LogP contribution >= 0.6 is 11.8 Å². The van der Waals surface area contributed by atoms with Crippen LogP contribution in [0.15, 0.2) is 17.0 Å². The van der Waals surface area contributed by atoms with E-state index in [9.17, 15) is 9.59 Å². The second-order valence-corrected chi connectivity index (χ2v) is 7.16. The molecule has 1 unspecified atom stereocenters. The number of nitrogens with one attached hydrogen (secondary N) is 1. The molecule has 1 atom stereocenters. The van der Waals surface area contributed by atoms with Gasteiger partial charge < -0.3 is 9.47 Å². The molecule has 1 spiro atoms. The van der Waals surface area contributed by atoms with Gasteiger partial charge in [0.2, 0.25) is 11.8 Å². The molecule has 0 radical (unpaired) electrons. The number of likely N-dealkylation sites (tertiary alicyclic amines) is 1. The summed E-state index contributed by atoms with van der Waals surface area (Å²) in [6.45, 7) is 2.05. The first-order valence-corrected chi connectivity index (χ1v) is 9.09. The molecule has 0 aliphatic carbocycles. The molecule has 1 aromatic rings. The second-order valence-electron chi connectivity index (χ2n) is 6.31. The molecule has 130 valence electrons. The lowest BCUT2D eigenvalue weighted by Gasteiger charge is -2.22. The van der Waals surface area contributed by atoms with E-state index in [4.69, 9.17) is 9.47 Å². The molecule has 1 N–H and O–H groups in total. The van der Waals surface area contributed by atoms with Crippen molar-refractivity contribution in [2.24, 2.45) is 5.41 Å². The van der Waals surface area contributed by atoms with Gasteiger partial charge in [0.1, 0.15) is 11.5 Å². The highest BCUT2D eigenvalue weighted by atomic mass is 32.2. The van der Waals surface area contributed by atoms with E-state index in [1.807, 2.05) is 18.4 Å². The van der Waals surface area contributed by atoms with E-state index in [-0.39, 0.29) is 11.8 Å². The van der Waals surface area contributed by atoms with Gasteiger partial charge in [-0.3, -0.25) is 19.8 Å². The maximum Gasteiger partial charge on any atom is 0.234 e. The van der Waals surface area contributed by atoms with Gasteiger partial charge in [0.25, 0.3) is 0 Å². The number of benzene rings is 1. The molecular weight excluding hydrogens is 328 g/mol. The second kappa shape index (κ2) is 6.64. The zero-order valence-electron chi connectivity index (χ0n) is 14.2. The van der Waals surface area contributed by atoms with Crippen LogP contribution in [0.5, 0.6) is 11.5 Å². The molecule has 3 rings (SSSR count). The summed E-state index contributed by atoms with van der Waals surface area (Å²) in [6, 6.07) is 3.98. The van der Waals surface area contributed by atoms with Gasteiger partial charge in [0.15, 0.2) is 0 Å². The van der Waals surface area contributed by atoms with Crippen molar-refractivity contribution >= 4 is 23.6 Å². The highest BCUT2D eigenvalue weighted by Gasteiger charge is 2.50. The normalized spacial score (nSPS) is 23.8. The quantitative estimate of drug-likeness (QED) is 0.644. The highest BCUT2D eigenvalue weighted by Crippen LogP contribution is 2.40. The first-order valence-electron chi connectivity index (χ1n) is 7.87. The Balaban J connectivity index is 1.79. The van der Waals surface area contributed by atoms with Gasteiger partial charge in [0.05, 0.1) is 24.5 Å². The summed E-state index contributed by atoms with van der Waals surface area (Å²) in [5, 5.41) is 2.44. The van der Waals surface area contributed by atoms with Crippen LogP contribution in [0.25, 0.3) is 0 Å². The average molecular weight is 350 g/mol. The lowest BCUT2D eigenvalue weighted by Crippen LogP contribution is -2.34. The van der Waals surface area contributed by atoms with Crippen LogP contribution in [0.4, 0.5) is 0 Å². The number of nitrogens with zero attached hydrogens (tertiary/aromatic N) is 1. The van der Waals surface area contributed by atoms with Crippen molar-refractivity contribution < 1.29 is 19.1 Å². The predicted molar refractivity (Wildman–Crippen MR) is 91.4 cm³/mol. The number of hydrogen-bond donors (Lipinski definition) is 1. The average Bonchev–Trinajstić information content (AvgIpc) is 3.09. The van der Waals surface area contributed by atoms with Gasteiger partial charge in [-0.1, -0.05) is 0 Å². The fraction of sp³-hybridized carbons (Fsp3) is 0.529. The summed E-state index contributed by atoms with van der Waals surface area (Å²) in [6.07, 6.45) is 3.01. The number of hydrogen-bond acceptors (Lipinski definition) is 6. The molecule has 1 aromatic carbocycles. The summed E-state index contributed by atoms with van der Waals surface area (Å²) in [5.41, 5.74) is 0.474. The van der Waals surface area contributed by atoms with Crippen molar-refractivity contribution in [1.82, 2.24) is 10.2 Å². The highest BCUT2D eigenvalue weighted by molar-refractivity contribution is 7.98. The lowest BCUT2D eigenvalue weighted by molar-refractivity contribution is -0.128. The van der Waals surface area contributed by atoms with E-state index >= 15 is 0 Å². The van der Waals surface area contributed by atoms with Crippen molar-refractivity contribution in [3.63, 3.8) is 0 Å². The van der Waals surface area contributed by atoms with Crippen molar-refractivity contribution in [2.75, 3.05) is 33.6 Å². The van der Waals surface area contributed by atoms with Crippen LogP contribution in [-0.4, -0.2) is 50.3 Å². The third-order valence-corrected chi connectivity index (χ3v) is 5.61. The Kier molecular flexibility index (Phi) is 4.73. The van der Waals surface area contributed by atoms with Gasteiger partial charge in [0, 0.05) is 25.1 Å². The summed E-state index contributed by atoms with van der Waals surface area (Å²) in [5.74, 6) is 1.34. The Morgan fingerprint density at radius 3 is 2.58 bits per heavy atom. The van der Waals surface area contributed by atoms with Crippen molar-refractivity contribution in [2.45, 2.75) is 24.3 Å². The topological polar surface area (TPSA) is 67.9 Å². The number of rotatable bonds is 5. The third kappa shape index (κ3) is 2.98. The smallest absolute Gasteiger partial charge is 0.234 e.